The van der Waals surface area contributed by atoms with Gasteiger partial charge in [0.25, 0.3) is 0 Å². The number of nitrogen functional groups attached to an aromatic ring is 1. The maximum atomic E-state index is 13.5. The molecule has 2 aromatic carbocycles. The Bertz CT molecular complexity index is 1790. The molecule has 4 aromatic rings. The molecule has 1 amide bonds. The van der Waals surface area contributed by atoms with Gasteiger partial charge in [-0.2, -0.15) is 5.10 Å². The zero-order valence-electron chi connectivity index (χ0n) is 23.4. The van der Waals surface area contributed by atoms with Gasteiger partial charge in [-0.05, 0) is 56.2 Å². The monoisotopic (exact) mass is 545 g/mol. The molecule has 2 aromatic heterocycles. The lowest BCUT2D eigenvalue weighted by atomic mass is 9.96. The molecule has 3 N–H and O–H groups in total. The van der Waals surface area contributed by atoms with E-state index in [1.165, 1.54) is 6.33 Å². The van der Waals surface area contributed by atoms with Gasteiger partial charge in [0.15, 0.2) is 5.65 Å². The van der Waals surface area contributed by atoms with Crippen LogP contribution < -0.4 is 10.6 Å². The first-order chi connectivity index (χ1) is 19.7. The van der Waals surface area contributed by atoms with Crippen LogP contribution in [0.5, 0.6) is 5.75 Å². The smallest absolute Gasteiger partial charge is 0.246 e. The molecule has 0 aliphatic heterocycles. The minimum Gasteiger partial charge on any atom is -0.508 e. The second-order valence-electron chi connectivity index (χ2n) is 10.0. The van der Waals surface area contributed by atoms with E-state index in [0.29, 0.717) is 34.7 Å². The fourth-order valence-electron chi connectivity index (χ4n) is 4.81. The van der Waals surface area contributed by atoms with Crippen molar-refractivity contribution in [2.75, 3.05) is 17.7 Å². The van der Waals surface area contributed by atoms with Crippen molar-refractivity contribution in [3.05, 3.63) is 84.2 Å². The van der Waals surface area contributed by atoms with Gasteiger partial charge in [-0.3, -0.25) is 9.79 Å². The molecular formula is C32H31N7O2. The van der Waals surface area contributed by atoms with Crippen LogP contribution in [0, 0.1) is 24.7 Å². The first-order valence-corrected chi connectivity index (χ1v) is 13.2. The lowest BCUT2D eigenvalue weighted by molar-refractivity contribution is -0.119. The second-order valence-corrected chi connectivity index (χ2v) is 10.0. The van der Waals surface area contributed by atoms with Gasteiger partial charge in [-0.1, -0.05) is 54.3 Å². The first-order valence-electron chi connectivity index (χ1n) is 13.2. The number of aromatic hydroxyl groups is 1. The number of nitrogens with zero attached hydrogens (tertiary/aromatic N) is 6. The van der Waals surface area contributed by atoms with E-state index in [1.807, 2.05) is 69.3 Å². The number of aryl methyl sites for hydroxylation is 1. The van der Waals surface area contributed by atoms with Crippen LogP contribution in [-0.2, 0) is 11.3 Å². The Balaban J connectivity index is 1.42. The van der Waals surface area contributed by atoms with E-state index in [4.69, 9.17) is 15.8 Å². The zero-order chi connectivity index (χ0) is 29.1. The molecule has 0 radical (unpaired) electrons. The van der Waals surface area contributed by atoms with Crippen LogP contribution >= 0.6 is 0 Å². The molecule has 2 atom stereocenters. The minimum atomic E-state index is -0.581. The Kier molecular flexibility index (Phi) is 7.66. The Morgan fingerprint density at radius 1 is 1.15 bits per heavy atom. The number of para-hydroxylation sites is 1. The number of phenols is 1. The van der Waals surface area contributed by atoms with Gasteiger partial charge in [-0.25, -0.2) is 14.6 Å². The lowest BCUT2D eigenvalue weighted by Gasteiger charge is -2.23. The summed E-state index contributed by atoms with van der Waals surface area (Å²) in [6.07, 6.45) is 7.13. The molecule has 5 rings (SSSR count). The number of amides is 1. The summed E-state index contributed by atoms with van der Waals surface area (Å²) in [4.78, 5) is 28.5. The largest absolute Gasteiger partial charge is 0.508 e. The topological polar surface area (TPSA) is 123 Å². The summed E-state index contributed by atoms with van der Waals surface area (Å²) in [6.45, 7) is 6.14. The minimum absolute atomic E-state index is 0.0879. The molecule has 0 saturated heterocycles. The van der Waals surface area contributed by atoms with Crippen molar-refractivity contribution in [1.82, 2.24) is 19.7 Å². The normalized spacial score (nSPS) is 18.9. The number of anilines is 2. The summed E-state index contributed by atoms with van der Waals surface area (Å²) in [5, 5.41) is 15.4. The van der Waals surface area contributed by atoms with Gasteiger partial charge >= 0.3 is 0 Å². The average molecular weight is 546 g/mol. The van der Waals surface area contributed by atoms with E-state index in [9.17, 15) is 9.90 Å². The zero-order valence-corrected chi connectivity index (χ0v) is 23.4. The van der Waals surface area contributed by atoms with Crippen LogP contribution in [-0.4, -0.2) is 49.6 Å². The molecule has 41 heavy (non-hydrogen) atoms. The Hall–Kier alpha value is -5.23. The predicted molar refractivity (Wildman–Crippen MR) is 162 cm³/mol. The molecule has 206 valence electrons. The third-order valence-corrected chi connectivity index (χ3v) is 6.95. The average Bonchev–Trinajstić information content (AvgIpc) is 3.31. The van der Waals surface area contributed by atoms with Crippen molar-refractivity contribution in [3.8, 4) is 28.8 Å². The number of hydrogen-bond acceptors (Lipinski definition) is 7. The van der Waals surface area contributed by atoms with Gasteiger partial charge in [0.2, 0.25) is 5.91 Å². The van der Waals surface area contributed by atoms with E-state index in [2.05, 4.69) is 21.8 Å². The van der Waals surface area contributed by atoms with E-state index >= 15 is 0 Å². The highest BCUT2D eigenvalue weighted by atomic mass is 16.3. The molecule has 9 nitrogen and oxygen atoms in total. The van der Waals surface area contributed by atoms with E-state index < -0.39 is 12.0 Å². The SMILES string of the molecule is CC(Cn1nc(-c2cccc(O)c2)c2c(N)ncnc21)=NC1C#CC(C(=O)N(C)c2ccccc2C)/C(C)=C\C=C/1. The second kappa shape index (κ2) is 11.5. The van der Waals surface area contributed by atoms with Crippen LogP contribution in [0.2, 0.25) is 0 Å². The van der Waals surface area contributed by atoms with Crippen molar-refractivity contribution in [2.45, 2.75) is 33.4 Å². The quantitative estimate of drug-likeness (QED) is 0.267. The third kappa shape index (κ3) is 5.72. The molecule has 0 fully saturated rings. The van der Waals surface area contributed by atoms with Crippen molar-refractivity contribution in [3.63, 3.8) is 0 Å². The number of aliphatic imine (C=N–C) groups is 1. The molecule has 9 heteroatoms. The number of benzene rings is 2. The van der Waals surface area contributed by atoms with Crippen molar-refractivity contribution in [2.24, 2.45) is 10.9 Å². The number of allylic oxidation sites excluding steroid dienone is 2. The molecule has 1 aliphatic carbocycles. The lowest BCUT2D eigenvalue weighted by Crippen LogP contribution is -2.33. The van der Waals surface area contributed by atoms with Crippen molar-refractivity contribution in [1.29, 1.82) is 0 Å². The summed E-state index contributed by atoms with van der Waals surface area (Å²) in [7, 11) is 1.78. The maximum absolute atomic E-state index is 13.5. The van der Waals surface area contributed by atoms with Crippen molar-refractivity contribution >= 4 is 34.2 Å². The third-order valence-electron chi connectivity index (χ3n) is 6.95. The first kappa shape index (κ1) is 27.3. The van der Waals surface area contributed by atoms with Crippen LogP contribution in [0.25, 0.3) is 22.3 Å². The summed E-state index contributed by atoms with van der Waals surface area (Å²) in [6, 6.07) is 14.2. The fraction of sp³-hybridized carbons (Fsp3) is 0.219. The molecular weight excluding hydrogens is 514 g/mol. The van der Waals surface area contributed by atoms with Gasteiger partial charge < -0.3 is 15.7 Å². The number of phenolic OH excluding ortho intramolecular Hbond substituents is 1. The molecule has 0 saturated carbocycles. The maximum Gasteiger partial charge on any atom is 0.246 e. The van der Waals surface area contributed by atoms with Gasteiger partial charge in [0.1, 0.15) is 35.5 Å². The Morgan fingerprint density at radius 3 is 2.73 bits per heavy atom. The van der Waals surface area contributed by atoms with Crippen LogP contribution in [0.1, 0.15) is 19.4 Å². The highest BCUT2D eigenvalue weighted by Gasteiger charge is 2.24. The number of fused-ring (bicyclic) bond motifs is 1. The van der Waals surface area contributed by atoms with Crippen LogP contribution in [0.4, 0.5) is 11.5 Å². The molecule has 1 aliphatic rings. The summed E-state index contributed by atoms with van der Waals surface area (Å²) < 4.78 is 1.72. The Morgan fingerprint density at radius 2 is 1.95 bits per heavy atom. The molecule has 0 spiro atoms. The van der Waals surface area contributed by atoms with Gasteiger partial charge in [0, 0.05) is 24.0 Å². The van der Waals surface area contributed by atoms with E-state index in [-0.39, 0.29) is 11.7 Å². The summed E-state index contributed by atoms with van der Waals surface area (Å²) in [5.74, 6) is 6.12. The van der Waals surface area contributed by atoms with Gasteiger partial charge in [0.05, 0.1) is 11.9 Å². The number of hydrogen-bond donors (Lipinski definition) is 2. The van der Waals surface area contributed by atoms with E-state index in [0.717, 1.165) is 22.5 Å². The van der Waals surface area contributed by atoms with Crippen LogP contribution in [0.3, 0.4) is 0 Å². The summed E-state index contributed by atoms with van der Waals surface area (Å²) in [5.41, 5.74) is 11.6. The standard InChI is InChI=1S/C32H31N7O2/c1-20-10-7-12-24(15-16-26(20)32(41)38(4)27-14-6-5-9-21(27)2)36-22(3)18-39-31-28(30(33)34-19-35-31)29(37-39)23-11-8-13-25(40)17-23/h5-14,17,19,24,26,40H,18H2,1-4H3,(H2,33,34,35)/b12-7-,20-10-,36-22?. The highest BCUT2D eigenvalue weighted by molar-refractivity contribution is 6.00. The molecule has 2 heterocycles. The number of carbonyl (C=O) groups excluding carboxylic acids is 1. The summed E-state index contributed by atoms with van der Waals surface area (Å²) >= 11 is 0. The molecule has 2 unspecified atom stereocenters. The number of nitrogens with two attached hydrogens (primary N) is 1. The number of aromatic nitrogens is 4. The predicted octanol–water partition coefficient (Wildman–Crippen LogP) is 4.72. The van der Waals surface area contributed by atoms with Gasteiger partial charge in [-0.15, -0.1) is 0 Å². The number of rotatable bonds is 6. The van der Waals surface area contributed by atoms with Crippen molar-refractivity contribution < 1.29 is 9.90 Å². The Labute approximate surface area is 238 Å². The fourth-order valence-corrected chi connectivity index (χ4v) is 4.81. The highest BCUT2D eigenvalue weighted by Crippen LogP contribution is 2.31. The molecule has 0 bridgehead atoms. The van der Waals surface area contributed by atoms with Crippen LogP contribution in [0.15, 0.2) is 83.7 Å². The number of carbonyl (C=O) groups is 1. The van der Waals surface area contributed by atoms with E-state index in [1.54, 1.807) is 34.8 Å².